The van der Waals surface area contributed by atoms with E-state index in [4.69, 9.17) is 15.2 Å². The zero-order valence-electron chi connectivity index (χ0n) is 22.8. The summed E-state index contributed by atoms with van der Waals surface area (Å²) in [5.41, 5.74) is 8.43. The molecule has 0 saturated carbocycles. The third kappa shape index (κ3) is 5.68. The summed E-state index contributed by atoms with van der Waals surface area (Å²) in [6, 6.07) is 10.7. The molecule has 0 aliphatic heterocycles. The van der Waals surface area contributed by atoms with Crippen molar-refractivity contribution in [2.75, 3.05) is 12.3 Å². The number of aromatic nitrogens is 5. The molecule has 5 rings (SSSR count). The summed E-state index contributed by atoms with van der Waals surface area (Å²) in [5.74, 6) is -1.94. The molecular weight excluding hydrogens is 531 g/mol. The number of nitrogens with zero attached hydrogens (tertiary/aromatic N) is 5. The molecule has 0 radical (unpaired) electrons. The lowest BCUT2D eigenvalue weighted by molar-refractivity contribution is 0.0692. The first kappa shape index (κ1) is 27.3. The normalized spacial score (nSPS) is 12.7. The molecule has 3 aromatic heterocycles. The predicted octanol–water partition coefficient (Wildman–Crippen LogP) is 5.64. The first-order chi connectivity index (χ1) is 19.0. The fourth-order valence-corrected chi connectivity index (χ4v) is 5.16. The molecule has 0 saturated heterocycles. The van der Waals surface area contributed by atoms with Crippen molar-refractivity contribution in [2.45, 2.75) is 45.4 Å². The second kappa shape index (κ2) is 10.7. The van der Waals surface area contributed by atoms with Crippen molar-refractivity contribution in [1.82, 2.24) is 24.5 Å². The molecule has 0 aliphatic rings. The van der Waals surface area contributed by atoms with Crippen LogP contribution >= 0.6 is 0 Å². The Balaban J connectivity index is 1.50. The van der Waals surface area contributed by atoms with E-state index in [1.54, 1.807) is 23.1 Å². The topological polar surface area (TPSA) is 130 Å². The number of benzene rings is 2. The lowest BCUT2D eigenvalue weighted by atomic mass is 10.1. The van der Waals surface area contributed by atoms with E-state index >= 15 is 0 Å². The van der Waals surface area contributed by atoms with Crippen molar-refractivity contribution in [2.24, 2.45) is 0 Å². The molecule has 0 bridgehead atoms. The van der Waals surface area contributed by atoms with Crippen LogP contribution in [-0.4, -0.2) is 50.3 Å². The lowest BCUT2D eigenvalue weighted by Gasteiger charge is -2.20. The lowest BCUT2D eigenvalue weighted by Crippen LogP contribution is -2.22. The van der Waals surface area contributed by atoms with E-state index in [-0.39, 0.29) is 17.1 Å². The molecule has 0 spiro atoms. The van der Waals surface area contributed by atoms with Crippen LogP contribution in [-0.2, 0) is 11.5 Å². The highest BCUT2D eigenvalue weighted by Crippen LogP contribution is 2.34. The fourth-order valence-electron chi connectivity index (χ4n) is 4.40. The molecule has 2 aromatic carbocycles. The second-order valence-corrected chi connectivity index (χ2v) is 16.5. The van der Waals surface area contributed by atoms with Crippen LogP contribution in [0.25, 0.3) is 27.5 Å². The summed E-state index contributed by atoms with van der Waals surface area (Å²) in [5, 5.41) is 19.6. The minimum Gasteiger partial charge on any atom is -0.482 e. The van der Waals surface area contributed by atoms with Gasteiger partial charge in [-0.15, -0.1) is 0 Å². The van der Waals surface area contributed by atoms with Crippen LogP contribution in [0.5, 0.6) is 5.75 Å². The number of ether oxygens (including phenoxy) is 2. The Hall–Kier alpha value is -4.29. The minimum absolute atomic E-state index is 0.0596. The van der Waals surface area contributed by atoms with Crippen LogP contribution in [0.15, 0.2) is 55.0 Å². The number of fused-ring (bicyclic) bond motifs is 2. The number of anilines is 1. The van der Waals surface area contributed by atoms with Gasteiger partial charge in [-0.2, -0.15) is 10.2 Å². The Labute approximate surface area is 231 Å². The third-order valence-corrected chi connectivity index (χ3v) is 8.32. The Kier molecular flexibility index (Phi) is 7.30. The third-order valence-electron chi connectivity index (χ3n) is 6.62. The quantitative estimate of drug-likeness (QED) is 0.165. The Morgan fingerprint density at radius 1 is 1.15 bits per heavy atom. The van der Waals surface area contributed by atoms with Gasteiger partial charge in [0, 0.05) is 49.5 Å². The number of carbonyl (C=O) groups is 1. The maximum absolute atomic E-state index is 14.2. The second-order valence-electron chi connectivity index (χ2n) is 10.9. The van der Waals surface area contributed by atoms with Gasteiger partial charge >= 0.3 is 5.97 Å². The molecule has 3 heterocycles. The van der Waals surface area contributed by atoms with Crippen LogP contribution in [0.4, 0.5) is 10.2 Å². The van der Waals surface area contributed by atoms with Crippen molar-refractivity contribution in [3.05, 3.63) is 71.9 Å². The molecule has 12 heteroatoms. The molecule has 40 heavy (non-hydrogen) atoms. The predicted molar refractivity (Wildman–Crippen MR) is 153 cm³/mol. The van der Waals surface area contributed by atoms with E-state index in [1.165, 1.54) is 6.07 Å². The average molecular weight is 563 g/mol. The number of aromatic carboxylic acids is 1. The number of nitrogens with two attached hydrogens (primary N) is 1. The van der Waals surface area contributed by atoms with Gasteiger partial charge in [-0.3, -0.25) is 0 Å². The number of halogens is 1. The molecule has 1 unspecified atom stereocenters. The molecule has 0 amide bonds. The number of carboxylic acids is 1. The van der Waals surface area contributed by atoms with E-state index < -0.39 is 31.5 Å². The van der Waals surface area contributed by atoms with Gasteiger partial charge in [0.1, 0.15) is 18.7 Å². The molecular formula is C28H31FN6O4Si. The zero-order valence-corrected chi connectivity index (χ0v) is 23.8. The largest absolute Gasteiger partial charge is 0.482 e. The van der Waals surface area contributed by atoms with Crippen molar-refractivity contribution in [1.29, 1.82) is 0 Å². The summed E-state index contributed by atoms with van der Waals surface area (Å²) >= 11 is 0. The van der Waals surface area contributed by atoms with Gasteiger partial charge in [0.25, 0.3) is 0 Å². The van der Waals surface area contributed by atoms with Crippen molar-refractivity contribution in [3.63, 3.8) is 0 Å². The minimum atomic E-state index is -1.37. The first-order valence-corrected chi connectivity index (χ1v) is 16.6. The van der Waals surface area contributed by atoms with Crippen LogP contribution in [0.2, 0.25) is 25.7 Å². The van der Waals surface area contributed by atoms with Gasteiger partial charge in [0.15, 0.2) is 11.6 Å². The number of hydrogen-bond acceptors (Lipinski definition) is 7. The summed E-state index contributed by atoms with van der Waals surface area (Å²) in [4.78, 5) is 15.7. The van der Waals surface area contributed by atoms with Crippen LogP contribution in [0.3, 0.4) is 0 Å². The highest BCUT2D eigenvalue weighted by Gasteiger charge is 2.20. The summed E-state index contributed by atoms with van der Waals surface area (Å²) in [6.07, 6.45) is 4.81. The number of rotatable bonds is 10. The Bertz CT molecular complexity index is 1700. The van der Waals surface area contributed by atoms with E-state index in [1.807, 2.05) is 36.0 Å². The fraction of sp³-hybridized carbons (Fsp3) is 0.286. The van der Waals surface area contributed by atoms with Gasteiger partial charge < -0.3 is 20.3 Å². The summed E-state index contributed by atoms with van der Waals surface area (Å²) in [7, 11) is -1.21. The van der Waals surface area contributed by atoms with Gasteiger partial charge in [0.05, 0.1) is 28.5 Å². The molecule has 5 aromatic rings. The maximum atomic E-state index is 14.2. The van der Waals surface area contributed by atoms with E-state index in [9.17, 15) is 14.3 Å². The molecule has 0 fully saturated rings. The molecule has 1 atom stereocenters. The zero-order chi connectivity index (χ0) is 28.6. The summed E-state index contributed by atoms with van der Waals surface area (Å²) < 4.78 is 30.0. The molecule has 3 N–H and O–H groups in total. The van der Waals surface area contributed by atoms with Crippen molar-refractivity contribution < 1.29 is 23.8 Å². The molecule has 0 aliphatic carbocycles. The van der Waals surface area contributed by atoms with E-state index in [2.05, 4.69) is 34.8 Å². The first-order valence-electron chi connectivity index (χ1n) is 12.9. The molecule has 10 nitrogen and oxygen atoms in total. The standard InChI is InChI=1S/C28H31FN6O4Si/c1-17(39-26-12-18-10-21(28(36)37)22(29)14-23(18)33-27(26)30)20-13-24-19(11-25(20)34-7-5-6-31-34)15-32-35(24)16-38-8-9-40(2,3)4/h5-7,10-15,17H,8-9,16H2,1-4H3,(H2,30,33)(H,36,37). The van der Waals surface area contributed by atoms with Gasteiger partial charge in [-0.05, 0) is 43.3 Å². The number of pyridine rings is 1. The monoisotopic (exact) mass is 562 g/mol. The smallest absolute Gasteiger partial charge is 0.338 e. The summed E-state index contributed by atoms with van der Waals surface area (Å²) in [6.45, 7) is 9.81. The Morgan fingerprint density at radius 2 is 1.95 bits per heavy atom. The van der Waals surface area contributed by atoms with E-state index in [0.717, 1.165) is 34.3 Å². The van der Waals surface area contributed by atoms with Crippen molar-refractivity contribution >= 4 is 41.7 Å². The number of nitrogen functional groups attached to an aromatic ring is 1. The van der Waals surface area contributed by atoms with Gasteiger partial charge in [-0.25, -0.2) is 23.5 Å². The van der Waals surface area contributed by atoms with Crippen LogP contribution in [0, 0.1) is 5.82 Å². The van der Waals surface area contributed by atoms with Gasteiger partial charge in [-0.1, -0.05) is 19.6 Å². The highest BCUT2D eigenvalue weighted by atomic mass is 28.3. The average Bonchev–Trinajstić information content (AvgIpc) is 3.55. The maximum Gasteiger partial charge on any atom is 0.338 e. The van der Waals surface area contributed by atoms with Gasteiger partial charge in [0.2, 0.25) is 0 Å². The number of carboxylic acid groups (broad SMARTS) is 1. The van der Waals surface area contributed by atoms with Crippen LogP contribution in [0.1, 0.15) is 28.9 Å². The van der Waals surface area contributed by atoms with Crippen molar-refractivity contribution in [3.8, 4) is 11.4 Å². The molecule has 208 valence electrons. The highest BCUT2D eigenvalue weighted by molar-refractivity contribution is 6.76. The van der Waals surface area contributed by atoms with Crippen LogP contribution < -0.4 is 10.5 Å². The number of hydrogen-bond donors (Lipinski definition) is 2. The Morgan fingerprint density at radius 3 is 2.65 bits per heavy atom. The van der Waals surface area contributed by atoms with E-state index in [0.29, 0.717) is 18.7 Å². The SMILES string of the molecule is CC(Oc1cc2cc(C(=O)O)c(F)cc2nc1N)c1cc2c(cnn2COCC[Si](C)(C)C)cc1-n1cccn1.